The van der Waals surface area contributed by atoms with Gasteiger partial charge in [-0.25, -0.2) is 0 Å². The Labute approximate surface area is 75.6 Å². The third-order valence-electron chi connectivity index (χ3n) is 1.48. The molecule has 0 atom stereocenters. The van der Waals surface area contributed by atoms with Crippen LogP contribution in [0, 0.1) is 6.92 Å². The third-order valence-corrected chi connectivity index (χ3v) is 1.48. The summed E-state index contributed by atoms with van der Waals surface area (Å²) in [6.45, 7) is 6.97. The average molecular weight is 165 g/mol. The van der Waals surface area contributed by atoms with Crippen molar-refractivity contribution in [2.24, 2.45) is 5.73 Å². The van der Waals surface area contributed by atoms with E-state index >= 15 is 0 Å². The van der Waals surface area contributed by atoms with E-state index in [1.165, 1.54) is 17.5 Å². The molecule has 0 aliphatic rings. The highest BCUT2D eigenvalue weighted by atomic mass is 14.5. The minimum atomic E-state index is 0.646. The maximum Gasteiger partial charge on any atom is 0.0180 e. The van der Waals surface area contributed by atoms with E-state index in [2.05, 4.69) is 32.9 Å². The van der Waals surface area contributed by atoms with Crippen LogP contribution < -0.4 is 5.73 Å². The van der Waals surface area contributed by atoms with Gasteiger partial charge < -0.3 is 5.73 Å². The van der Waals surface area contributed by atoms with Gasteiger partial charge in [-0.15, -0.1) is 0 Å². The number of nitrogens with two attached hydrogens (primary N) is 1. The van der Waals surface area contributed by atoms with Crippen LogP contribution in [0.3, 0.4) is 0 Å². The molecule has 0 aliphatic heterocycles. The number of hydrogen-bond acceptors (Lipinski definition) is 1. The molecule has 0 aromatic heterocycles. The second-order valence-electron chi connectivity index (χ2n) is 2.84. The molecule has 1 aromatic carbocycles. The van der Waals surface area contributed by atoms with E-state index in [1.807, 2.05) is 12.1 Å². The monoisotopic (exact) mass is 165 g/mol. The maximum atomic E-state index is 5.45. The standard InChI is InChI=1S/C8H11N.C3H8/c1-7-4-2-3-5-8(7)6-9;1-3-2/h2-5H,6,9H2,1H3;3H2,1-2H3. The summed E-state index contributed by atoms with van der Waals surface area (Å²) in [5, 5.41) is 0. The van der Waals surface area contributed by atoms with Crippen LogP contribution in [0.2, 0.25) is 0 Å². The van der Waals surface area contributed by atoms with E-state index < -0.39 is 0 Å². The van der Waals surface area contributed by atoms with Crippen LogP contribution in [0.25, 0.3) is 0 Å². The zero-order valence-electron chi connectivity index (χ0n) is 8.30. The van der Waals surface area contributed by atoms with Crippen molar-refractivity contribution in [2.75, 3.05) is 0 Å². The highest BCUT2D eigenvalue weighted by Gasteiger charge is 1.89. The molecule has 0 spiro atoms. The molecule has 1 aromatic rings. The van der Waals surface area contributed by atoms with Gasteiger partial charge >= 0.3 is 0 Å². The van der Waals surface area contributed by atoms with Crippen LogP contribution >= 0.6 is 0 Å². The summed E-state index contributed by atoms with van der Waals surface area (Å²) in [5.74, 6) is 0. The summed E-state index contributed by atoms with van der Waals surface area (Å²) in [7, 11) is 0. The van der Waals surface area contributed by atoms with Gasteiger partial charge in [0.25, 0.3) is 0 Å². The number of rotatable bonds is 1. The fraction of sp³-hybridized carbons (Fsp3) is 0.455. The Morgan fingerprint density at radius 3 is 2.00 bits per heavy atom. The number of benzene rings is 1. The summed E-state index contributed by atoms with van der Waals surface area (Å²) >= 11 is 0. The molecular weight excluding hydrogens is 146 g/mol. The van der Waals surface area contributed by atoms with Crippen LogP contribution in [0.5, 0.6) is 0 Å². The molecule has 0 radical (unpaired) electrons. The fourth-order valence-electron chi connectivity index (χ4n) is 0.839. The summed E-state index contributed by atoms with van der Waals surface area (Å²) in [6, 6.07) is 8.15. The van der Waals surface area contributed by atoms with Crippen LogP contribution in [-0.2, 0) is 6.54 Å². The summed E-state index contributed by atoms with van der Waals surface area (Å²) in [5.41, 5.74) is 7.96. The molecule has 0 fully saturated rings. The second-order valence-corrected chi connectivity index (χ2v) is 2.84. The predicted molar refractivity (Wildman–Crippen MR) is 55.0 cm³/mol. The Morgan fingerprint density at radius 1 is 1.17 bits per heavy atom. The lowest BCUT2D eigenvalue weighted by Crippen LogP contribution is -1.97. The smallest absolute Gasteiger partial charge is 0.0180 e. The lowest BCUT2D eigenvalue weighted by Gasteiger charge is -1.98. The summed E-state index contributed by atoms with van der Waals surface area (Å²) in [4.78, 5) is 0. The SMILES string of the molecule is CCC.Cc1ccccc1CN. The molecule has 0 saturated heterocycles. The van der Waals surface area contributed by atoms with Gasteiger partial charge in [-0.05, 0) is 18.1 Å². The molecule has 1 nitrogen and oxygen atoms in total. The highest BCUT2D eigenvalue weighted by molar-refractivity contribution is 5.24. The predicted octanol–water partition coefficient (Wildman–Crippen LogP) is 2.87. The minimum absolute atomic E-state index is 0.646. The Hall–Kier alpha value is -0.820. The van der Waals surface area contributed by atoms with Crippen molar-refractivity contribution in [1.82, 2.24) is 0 Å². The second kappa shape index (κ2) is 6.86. The summed E-state index contributed by atoms with van der Waals surface area (Å²) < 4.78 is 0. The van der Waals surface area contributed by atoms with Gasteiger partial charge in [0, 0.05) is 6.54 Å². The molecule has 0 unspecified atom stereocenters. The van der Waals surface area contributed by atoms with Crippen molar-refractivity contribution in [3.63, 3.8) is 0 Å². The van der Waals surface area contributed by atoms with Gasteiger partial charge in [-0.2, -0.15) is 0 Å². The zero-order valence-corrected chi connectivity index (χ0v) is 8.30. The molecule has 1 rings (SSSR count). The molecule has 1 heteroatoms. The molecular formula is C11H19N. The maximum absolute atomic E-state index is 5.45. The van der Waals surface area contributed by atoms with E-state index in [4.69, 9.17) is 5.73 Å². The quantitative estimate of drug-likeness (QED) is 0.680. The van der Waals surface area contributed by atoms with E-state index in [-0.39, 0.29) is 0 Å². The topological polar surface area (TPSA) is 26.0 Å². The normalized spacial score (nSPS) is 8.67. The molecule has 0 aliphatic carbocycles. The first kappa shape index (κ1) is 11.2. The van der Waals surface area contributed by atoms with E-state index in [9.17, 15) is 0 Å². The largest absolute Gasteiger partial charge is 0.326 e. The first-order chi connectivity index (χ1) is 5.76. The Balaban J connectivity index is 0.000000354. The zero-order chi connectivity index (χ0) is 9.40. The molecule has 0 bridgehead atoms. The van der Waals surface area contributed by atoms with Gasteiger partial charge in [0.05, 0.1) is 0 Å². The number of aryl methyl sites for hydroxylation is 1. The van der Waals surface area contributed by atoms with Gasteiger partial charge in [0.1, 0.15) is 0 Å². The van der Waals surface area contributed by atoms with E-state index in [0.29, 0.717) is 6.54 Å². The molecule has 0 saturated carbocycles. The number of hydrogen-bond donors (Lipinski definition) is 1. The van der Waals surface area contributed by atoms with Crippen molar-refractivity contribution in [3.05, 3.63) is 35.4 Å². The first-order valence-electron chi connectivity index (χ1n) is 4.50. The van der Waals surface area contributed by atoms with Gasteiger partial charge in [0.2, 0.25) is 0 Å². The summed E-state index contributed by atoms with van der Waals surface area (Å²) in [6.07, 6.45) is 1.25. The Kier molecular flexibility index (Phi) is 6.39. The van der Waals surface area contributed by atoms with Gasteiger partial charge in [-0.1, -0.05) is 44.5 Å². The van der Waals surface area contributed by atoms with Crippen LogP contribution in [0.1, 0.15) is 31.4 Å². The fourth-order valence-corrected chi connectivity index (χ4v) is 0.839. The van der Waals surface area contributed by atoms with E-state index in [0.717, 1.165) is 0 Å². The van der Waals surface area contributed by atoms with Crippen LogP contribution in [0.15, 0.2) is 24.3 Å². The van der Waals surface area contributed by atoms with Crippen molar-refractivity contribution in [1.29, 1.82) is 0 Å². The third kappa shape index (κ3) is 4.14. The molecule has 0 heterocycles. The van der Waals surface area contributed by atoms with Crippen molar-refractivity contribution < 1.29 is 0 Å². The Morgan fingerprint density at radius 2 is 1.67 bits per heavy atom. The minimum Gasteiger partial charge on any atom is -0.326 e. The lowest BCUT2D eigenvalue weighted by atomic mass is 10.1. The van der Waals surface area contributed by atoms with Crippen LogP contribution in [-0.4, -0.2) is 0 Å². The first-order valence-corrected chi connectivity index (χ1v) is 4.50. The molecule has 68 valence electrons. The molecule has 0 amide bonds. The average Bonchev–Trinajstić information content (AvgIpc) is 2.07. The highest BCUT2D eigenvalue weighted by Crippen LogP contribution is 2.04. The van der Waals surface area contributed by atoms with Gasteiger partial charge in [-0.3, -0.25) is 0 Å². The molecule has 12 heavy (non-hydrogen) atoms. The molecule has 2 N–H and O–H groups in total. The lowest BCUT2D eigenvalue weighted by molar-refractivity contribution is 1.05. The Bertz CT molecular complexity index is 206. The van der Waals surface area contributed by atoms with Crippen molar-refractivity contribution in [2.45, 2.75) is 33.7 Å². The van der Waals surface area contributed by atoms with Crippen molar-refractivity contribution in [3.8, 4) is 0 Å². The van der Waals surface area contributed by atoms with Crippen molar-refractivity contribution >= 4 is 0 Å². The van der Waals surface area contributed by atoms with Gasteiger partial charge in [0.15, 0.2) is 0 Å². The van der Waals surface area contributed by atoms with Crippen LogP contribution in [0.4, 0.5) is 0 Å². The van der Waals surface area contributed by atoms with E-state index in [1.54, 1.807) is 0 Å².